The Bertz CT molecular complexity index is 564. The number of rotatable bonds is 3. The molecule has 0 aliphatic heterocycles. The maximum atomic E-state index is 12.1. The summed E-state index contributed by atoms with van der Waals surface area (Å²) in [5.41, 5.74) is 6.76. The molecule has 2 heterocycles. The Balaban J connectivity index is 1.66. The number of nitrogens with zero attached hydrogens (tertiary/aromatic N) is 1. The average Bonchev–Trinajstić information content (AvgIpc) is 3.07. The molecule has 0 radical (unpaired) electrons. The van der Waals surface area contributed by atoms with Crippen LogP contribution in [0.15, 0.2) is 22.9 Å². The van der Waals surface area contributed by atoms with Gasteiger partial charge in [0.25, 0.3) is 0 Å². The molecule has 0 aromatic carbocycles. The number of hydrogen-bond acceptors (Lipinski definition) is 5. The number of anilines is 1. The van der Waals surface area contributed by atoms with Crippen LogP contribution in [0.3, 0.4) is 0 Å². The number of carbonyl (C=O) groups is 1. The van der Waals surface area contributed by atoms with Crippen molar-refractivity contribution in [2.75, 3.05) is 5.32 Å². The molecular weight excluding hydrogens is 278 g/mol. The number of thiazole rings is 1. The molecule has 2 unspecified atom stereocenters. The minimum atomic E-state index is 0.0455. The topological polar surface area (TPSA) is 68.0 Å². The molecule has 4 nitrogen and oxygen atoms in total. The molecule has 0 saturated heterocycles. The van der Waals surface area contributed by atoms with Gasteiger partial charge in [-0.2, -0.15) is 0 Å². The largest absolute Gasteiger partial charge is 0.328 e. The van der Waals surface area contributed by atoms with Crippen LogP contribution < -0.4 is 11.1 Å². The summed E-state index contributed by atoms with van der Waals surface area (Å²) < 4.78 is 0. The van der Waals surface area contributed by atoms with E-state index >= 15 is 0 Å². The number of nitrogens with two attached hydrogens (primary N) is 1. The smallest absolute Gasteiger partial charge is 0.229 e. The molecule has 1 aliphatic rings. The summed E-state index contributed by atoms with van der Waals surface area (Å²) in [6.45, 7) is 0. The van der Waals surface area contributed by atoms with Gasteiger partial charge in [0, 0.05) is 17.3 Å². The van der Waals surface area contributed by atoms with Gasteiger partial charge in [-0.3, -0.25) is 4.79 Å². The van der Waals surface area contributed by atoms with Crippen molar-refractivity contribution in [3.8, 4) is 10.6 Å². The molecule has 100 valence electrons. The van der Waals surface area contributed by atoms with Crippen molar-refractivity contribution >= 4 is 33.7 Å². The van der Waals surface area contributed by atoms with Crippen molar-refractivity contribution in [3.05, 3.63) is 22.9 Å². The summed E-state index contributed by atoms with van der Waals surface area (Å²) in [7, 11) is 0. The van der Waals surface area contributed by atoms with Crippen LogP contribution in [0.2, 0.25) is 0 Å². The van der Waals surface area contributed by atoms with Gasteiger partial charge in [-0.1, -0.05) is 6.07 Å². The Labute approximate surface area is 119 Å². The quantitative estimate of drug-likeness (QED) is 0.914. The van der Waals surface area contributed by atoms with Crippen molar-refractivity contribution in [3.63, 3.8) is 0 Å². The number of amides is 1. The highest BCUT2D eigenvalue weighted by molar-refractivity contribution is 7.16. The zero-order chi connectivity index (χ0) is 13.2. The lowest BCUT2D eigenvalue weighted by Gasteiger charge is -2.08. The van der Waals surface area contributed by atoms with Gasteiger partial charge in [0.2, 0.25) is 5.91 Å². The molecule has 1 saturated carbocycles. The zero-order valence-electron chi connectivity index (χ0n) is 10.3. The Morgan fingerprint density at radius 1 is 1.42 bits per heavy atom. The van der Waals surface area contributed by atoms with Gasteiger partial charge in [-0.25, -0.2) is 4.98 Å². The van der Waals surface area contributed by atoms with E-state index in [2.05, 4.69) is 10.3 Å². The first-order chi connectivity index (χ1) is 9.22. The van der Waals surface area contributed by atoms with Crippen molar-refractivity contribution in [1.29, 1.82) is 0 Å². The van der Waals surface area contributed by atoms with E-state index in [4.69, 9.17) is 5.73 Å². The lowest BCUT2D eigenvalue weighted by molar-refractivity contribution is -0.119. The molecule has 0 bridgehead atoms. The van der Waals surface area contributed by atoms with Gasteiger partial charge in [-0.05, 0) is 30.7 Å². The fourth-order valence-corrected chi connectivity index (χ4v) is 3.80. The molecule has 1 aliphatic carbocycles. The predicted molar refractivity (Wildman–Crippen MR) is 79.4 cm³/mol. The molecule has 1 fully saturated rings. The van der Waals surface area contributed by atoms with E-state index in [0.717, 1.165) is 29.8 Å². The Morgan fingerprint density at radius 2 is 2.32 bits per heavy atom. The van der Waals surface area contributed by atoms with Crippen LogP contribution in [0.5, 0.6) is 0 Å². The van der Waals surface area contributed by atoms with E-state index in [1.54, 1.807) is 11.3 Å². The van der Waals surface area contributed by atoms with E-state index in [-0.39, 0.29) is 17.9 Å². The third-order valence-electron chi connectivity index (χ3n) is 3.35. The van der Waals surface area contributed by atoms with E-state index in [9.17, 15) is 4.79 Å². The van der Waals surface area contributed by atoms with Gasteiger partial charge in [-0.15, -0.1) is 22.7 Å². The van der Waals surface area contributed by atoms with Gasteiger partial charge < -0.3 is 11.1 Å². The van der Waals surface area contributed by atoms with Crippen molar-refractivity contribution in [1.82, 2.24) is 4.98 Å². The number of aromatic nitrogens is 1. The molecular formula is C13H15N3OS2. The monoisotopic (exact) mass is 293 g/mol. The molecule has 3 rings (SSSR count). The van der Waals surface area contributed by atoms with E-state index in [1.165, 1.54) is 11.3 Å². The predicted octanol–water partition coefficient (Wildman–Crippen LogP) is 2.94. The fraction of sp³-hybridized carbons (Fsp3) is 0.385. The summed E-state index contributed by atoms with van der Waals surface area (Å²) >= 11 is 3.12. The van der Waals surface area contributed by atoms with E-state index in [1.807, 2.05) is 22.9 Å². The molecule has 2 atom stereocenters. The number of nitrogens with one attached hydrogen (secondary N) is 1. The summed E-state index contributed by atoms with van der Waals surface area (Å²) in [5.74, 6) is 0.101. The lowest BCUT2D eigenvalue weighted by Crippen LogP contribution is -2.23. The second-order valence-corrected chi connectivity index (χ2v) is 6.58. The summed E-state index contributed by atoms with van der Waals surface area (Å²) in [6.07, 6.45) is 2.61. The van der Waals surface area contributed by atoms with Crippen LogP contribution in [-0.4, -0.2) is 16.9 Å². The summed E-state index contributed by atoms with van der Waals surface area (Å²) in [6, 6.07) is 4.20. The highest BCUT2D eigenvalue weighted by Gasteiger charge is 2.28. The standard InChI is InChI=1S/C13H15N3OS2/c14-9-4-3-8(6-9)12(17)16-13-15-10(7-19-13)11-2-1-5-18-11/h1-2,5,7-9H,3-4,6,14H2,(H,15,16,17). The Hall–Kier alpha value is -1.24. The van der Waals surface area contributed by atoms with Crippen LogP contribution in [-0.2, 0) is 4.79 Å². The van der Waals surface area contributed by atoms with E-state index in [0.29, 0.717) is 5.13 Å². The molecule has 2 aromatic heterocycles. The Morgan fingerprint density at radius 3 is 3.00 bits per heavy atom. The normalized spacial score (nSPS) is 22.6. The van der Waals surface area contributed by atoms with Crippen LogP contribution in [0.25, 0.3) is 10.6 Å². The van der Waals surface area contributed by atoms with Gasteiger partial charge in [0.1, 0.15) is 0 Å². The maximum Gasteiger partial charge on any atom is 0.229 e. The first-order valence-corrected chi connectivity index (χ1v) is 8.04. The highest BCUT2D eigenvalue weighted by Crippen LogP contribution is 2.30. The average molecular weight is 293 g/mol. The third kappa shape index (κ3) is 2.86. The number of thiophene rings is 1. The van der Waals surface area contributed by atoms with Gasteiger partial charge in [0.15, 0.2) is 5.13 Å². The fourth-order valence-electron chi connectivity index (χ4n) is 2.33. The second-order valence-electron chi connectivity index (χ2n) is 4.77. The van der Waals surface area contributed by atoms with Crippen molar-refractivity contribution in [2.24, 2.45) is 11.7 Å². The minimum absolute atomic E-state index is 0.0455. The second kappa shape index (κ2) is 5.40. The first kappa shape index (κ1) is 12.8. The van der Waals surface area contributed by atoms with Crippen LogP contribution >= 0.6 is 22.7 Å². The van der Waals surface area contributed by atoms with E-state index < -0.39 is 0 Å². The molecule has 19 heavy (non-hydrogen) atoms. The molecule has 2 aromatic rings. The van der Waals surface area contributed by atoms with Crippen molar-refractivity contribution < 1.29 is 4.79 Å². The third-order valence-corrected chi connectivity index (χ3v) is 5.00. The molecule has 0 spiro atoms. The maximum absolute atomic E-state index is 12.1. The number of hydrogen-bond donors (Lipinski definition) is 2. The van der Waals surface area contributed by atoms with Crippen molar-refractivity contribution in [2.45, 2.75) is 25.3 Å². The lowest BCUT2D eigenvalue weighted by atomic mass is 10.1. The van der Waals surface area contributed by atoms with Gasteiger partial charge in [0.05, 0.1) is 10.6 Å². The number of carbonyl (C=O) groups excluding carboxylic acids is 1. The molecule has 6 heteroatoms. The zero-order valence-corrected chi connectivity index (χ0v) is 12.0. The van der Waals surface area contributed by atoms with Crippen LogP contribution in [0.1, 0.15) is 19.3 Å². The SMILES string of the molecule is NC1CCC(C(=O)Nc2nc(-c3cccs3)cs2)C1. The minimum Gasteiger partial charge on any atom is -0.328 e. The summed E-state index contributed by atoms with van der Waals surface area (Å²) in [5, 5.41) is 7.57. The molecule has 3 N–H and O–H groups in total. The van der Waals surface area contributed by atoms with Gasteiger partial charge >= 0.3 is 0 Å². The highest BCUT2D eigenvalue weighted by atomic mass is 32.1. The summed E-state index contributed by atoms with van der Waals surface area (Å²) in [4.78, 5) is 17.6. The van der Waals surface area contributed by atoms with Crippen LogP contribution in [0.4, 0.5) is 5.13 Å². The Kier molecular flexibility index (Phi) is 3.63. The molecule has 1 amide bonds. The first-order valence-electron chi connectivity index (χ1n) is 6.28. The van der Waals surface area contributed by atoms with Crippen LogP contribution in [0, 0.1) is 5.92 Å².